The van der Waals surface area contributed by atoms with Crippen LogP contribution in [-0.4, -0.2) is 43.8 Å². The Hall–Kier alpha value is -3.23. The summed E-state index contributed by atoms with van der Waals surface area (Å²) in [7, 11) is -3.62. The van der Waals surface area contributed by atoms with Gasteiger partial charge in [0.15, 0.2) is 6.10 Å². The van der Waals surface area contributed by atoms with Gasteiger partial charge < -0.3 is 10.1 Å². The first-order valence-electron chi connectivity index (χ1n) is 11.7. The zero-order chi connectivity index (χ0) is 25.2. The molecule has 1 atom stereocenters. The number of rotatable bonds is 6. The van der Waals surface area contributed by atoms with E-state index in [0.717, 1.165) is 21.9 Å². The molecule has 0 saturated carbocycles. The van der Waals surface area contributed by atoms with E-state index in [2.05, 4.69) is 5.32 Å². The van der Waals surface area contributed by atoms with E-state index >= 15 is 0 Å². The maximum atomic E-state index is 13.0. The van der Waals surface area contributed by atoms with Crippen molar-refractivity contribution < 1.29 is 22.7 Å². The monoisotopic (exact) mass is 494 g/mol. The molecule has 1 amide bonds. The number of hydrogen-bond acceptors (Lipinski definition) is 5. The lowest BCUT2D eigenvalue weighted by Crippen LogP contribution is -2.41. The summed E-state index contributed by atoms with van der Waals surface area (Å²) >= 11 is 0. The van der Waals surface area contributed by atoms with Crippen molar-refractivity contribution in [3.63, 3.8) is 0 Å². The maximum absolute atomic E-state index is 13.0. The molecule has 0 aliphatic carbocycles. The number of aryl methyl sites for hydroxylation is 2. The molecule has 1 fully saturated rings. The summed E-state index contributed by atoms with van der Waals surface area (Å²) in [5.74, 6) is -1.34. The molecule has 0 bridgehead atoms. The maximum Gasteiger partial charge on any atom is 0.309 e. The highest BCUT2D eigenvalue weighted by Crippen LogP contribution is 2.26. The number of sulfonamides is 1. The number of esters is 1. The normalized spacial score (nSPS) is 16.1. The van der Waals surface area contributed by atoms with Crippen LogP contribution in [0.2, 0.25) is 0 Å². The summed E-state index contributed by atoms with van der Waals surface area (Å²) in [6.45, 7) is 5.81. The standard InChI is InChI=1S/C27H30N2O5S/c1-18-8-11-25(16-19(18)2)35(32,33)29-14-12-22(13-15-29)27(31)34-20(3)26(30)28-24-10-9-21-6-4-5-7-23(21)17-24/h4-11,16-17,20,22H,12-15H2,1-3H3,(H,28,30). The van der Waals surface area contributed by atoms with E-state index in [1.54, 1.807) is 24.3 Å². The van der Waals surface area contributed by atoms with Gasteiger partial charge in [-0.2, -0.15) is 4.31 Å². The lowest BCUT2D eigenvalue weighted by atomic mass is 9.98. The molecule has 1 unspecified atom stereocenters. The molecule has 0 aromatic heterocycles. The van der Waals surface area contributed by atoms with Gasteiger partial charge in [-0.25, -0.2) is 8.42 Å². The number of piperidine rings is 1. The molecule has 0 spiro atoms. The second kappa shape index (κ2) is 10.2. The summed E-state index contributed by atoms with van der Waals surface area (Å²) in [6, 6.07) is 18.5. The minimum atomic E-state index is -3.62. The Bertz CT molecular complexity index is 1360. The number of hydrogen-bond donors (Lipinski definition) is 1. The van der Waals surface area contributed by atoms with Crippen LogP contribution in [-0.2, 0) is 24.3 Å². The Morgan fingerprint density at radius 1 is 0.943 bits per heavy atom. The quantitative estimate of drug-likeness (QED) is 0.512. The van der Waals surface area contributed by atoms with Gasteiger partial charge in [-0.3, -0.25) is 9.59 Å². The van der Waals surface area contributed by atoms with Crippen molar-refractivity contribution in [1.29, 1.82) is 0 Å². The van der Waals surface area contributed by atoms with Crippen molar-refractivity contribution in [3.05, 3.63) is 71.8 Å². The van der Waals surface area contributed by atoms with Crippen LogP contribution >= 0.6 is 0 Å². The van der Waals surface area contributed by atoms with Gasteiger partial charge in [0.2, 0.25) is 10.0 Å². The van der Waals surface area contributed by atoms with E-state index in [0.29, 0.717) is 18.5 Å². The van der Waals surface area contributed by atoms with Gasteiger partial charge in [-0.15, -0.1) is 0 Å². The third-order valence-corrected chi connectivity index (χ3v) is 8.48. The topological polar surface area (TPSA) is 92.8 Å². The lowest BCUT2D eigenvalue weighted by Gasteiger charge is -2.30. The van der Waals surface area contributed by atoms with Crippen LogP contribution < -0.4 is 5.32 Å². The second-order valence-corrected chi connectivity index (χ2v) is 11.0. The molecule has 4 rings (SSSR count). The number of carbonyl (C=O) groups excluding carboxylic acids is 2. The van der Waals surface area contributed by atoms with Crippen LogP contribution in [0.15, 0.2) is 65.6 Å². The van der Waals surface area contributed by atoms with Gasteiger partial charge in [-0.1, -0.05) is 36.4 Å². The predicted molar refractivity (Wildman–Crippen MR) is 136 cm³/mol. The van der Waals surface area contributed by atoms with Gasteiger partial charge in [0.05, 0.1) is 10.8 Å². The average molecular weight is 495 g/mol. The highest BCUT2D eigenvalue weighted by atomic mass is 32.2. The van der Waals surface area contributed by atoms with Crippen molar-refractivity contribution in [2.45, 2.75) is 44.6 Å². The minimum Gasteiger partial charge on any atom is -0.452 e. The van der Waals surface area contributed by atoms with E-state index in [-0.39, 0.29) is 18.0 Å². The third-order valence-electron chi connectivity index (χ3n) is 6.58. The Labute approximate surface area is 206 Å². The van der Waals surface area contributed by atoms with E-state index in [1.807, 2.05) is 50.2 Å². The summed E-state index contributed by atoms with van der Waals surface area (Å²) in [5, 5.41) is 4.86. The lowest BCUT2D eigenvalue weighted by molar-refractivity contribution is -0.158. The molecule has 1 aliphatic rings. The van der Waals surface area contributed by atoms with Crippen LogP contribution in [0.5, 0.6) is 0 Å². The summed E-state index contributed by atoms with van der Waals surface area (Å²) in [6.07, 6.45) is -0.268. The molecular formula is C27H30N2O5S. The van der Waals surface area contributed by atoms with Crippen LogP contribution in [0.3, 0.4) is 0 Å². The van der Waals surface area contributed by atoms with Gasteiger partial charge >= 0.3 is 5.97 Å². The third kappa shape index (κ3) is 5.55. The van der Waals surface area contributed by atoms with Crippen molar-refractivity contribution in [1.82, 2.24) is 4.31 Å². The zero-order valence-corrected chi connectivity index (χ0v) is 21.0. The van der Waals surface area contributed by atoms with Crippen molar-refractivity contribution in [2.75, 3.05) is 18.4 Å². The second-order valence-electron chi connectivity index (χ2n) is 9.05. The molecule has 7 nitrogen and oxygen atoms in total. The van der Waals surface area contributed by atoms with E-state index in [4.69, 9.17) is 4.74 Å². The predicted octanol–water partition coefficient (Wildman–Crippen LogP) is 4.43. The smallest absolute Gasteiger partial charge is 0.309 e. The minimum absolute atomic E-state index is 0.229. The molecule has 3 aromatic carbocycles. The molecular weight excluding hydrogens is 464 g/mol. The van der Waals surface area contributed by atoms with Crippen molar-refractivity contribution >= 4 is 38.4 Å². The summed E-state index contributed by atoms with van der Waals surface area (Å²) in [5.41, 5.74) is 2.58. The molecule has 1 saturated heterocycles. The fraction of sp³-hybridized carbons (Fsp3) is 0.333. The Balaban J connectivity index is 1.31. The van der Waals surface area contributed by atoms with Crippen LogP contribution in [0.1, 0.15) is 30.9 Å². The summed E-state index contributed by atoms with van der Waals surface area (Å²) < 4.78 is 32.9. The van der Waals surface area contributed by atoms with Gasteiger partial charge in [0.1, 0.15) is 0 Å². The number of fused-ring (bicyclic) bond motifs is 1. The Morgan fingerprint density at radius 3 is 2.31 bits per heavy atom. The number of anilines is 1. The van der Waals surface area contributed by atoms with E-state index < -0.39 is 33.9 Å². The highest BCUT2D eigenvalue weighted by Gasteiger charge is 2.34. The van der Waals surface area contributed by atoms with E-state index in [1.165, 1.54) is 11.2 Å². The number of nitrogens with zero attached hydrogens (tertiary/aromatic N) is 1. The Morgan fingerprint density at radius 2 is 1.63 bits per heavy atom. The molecule has 8 heteroatoms. The molecule has 35 heavy (non-hydrogen) atoms. The molecule has 1 aliphatic heterocycles. The first-order chi connectivity index (χ1) is 16.6. The van der Waals surface area contributed by atoms with Crippen LogP contribution in [0.25, 0.3) is 10.8 Å². The number of amides is 1. The fourth-order valence-electron chi connectivity index (χ4n) is 4.19. The molecule has 1 heterocycles. The van der Waals surface area contributed by atoms with Gasteiger partial charge in [0, 0.05) is 18.8 Å². The molecule has 1 N–H and O–H groups in total. The number of ether oxygens (including phenoxy) is 1. The van der Waals surface area contributed by atoms with Crippen LogP contribution in [0.4, 0.5) is 5.69 Å². The van der Waals surface area contributed by atoms with Gasteiger partial charge in [0.25, 0.3) is 5.91 Å². The average Bonchev–Trinajstić information content (AvgIpc) is 2.85. The number of carbonyl (C=O) groups is 2. The van der Waals surface area contributed by atoms with Crippen LogP contribution in [0, 0.1) is 19.8 Å². The fourth-order valence-corrected chi connectivity index (χ4v) is 5.75. The van der Waals surface area contributed by atoms with E-state index in [9.17, 15) is 18.0 Å². The first-order valence-corrected chi connectivity index (χ1v) is 13.2. The molecule has 0 radical (unpaired) electrons. The Kier molecular flexibility index (Phi) is 7.23. The SMILES string of the molecule is Cc1ccc(S(=O)(=O)N2CCC(C(=O)OC(C)C(=O)Nc3ccc4ccccc4c3)CC2)cc1C. The number of benzene rings is 3. The highest BCUT2D eigenvalue weighted by molar-refractivity contribution is 7.89. The molecule has 3 aromatic rings. The first kappa shape index (κ1) is 24.9. The van der Waals surface area contributed by atoms with Crippen molar-refractivity contribution in [3.8, 4) is 0 Å². The largest absolute Gasteiger partial charge is 0.452 e. The zero-order valence-electron chi connectivity index (χ0n) is 20.2. The van der Waals surface area contributed by atoms with Crippen molar-refractivity contribution in [2.24, 2.45) is 5.92 Å². The molecule has 184 valence electrons. The summed E-state index contributed by atoms with van der Waals surface area (Å²) in [4.78, 5) is 25.5. The number of nitrogens with one attached hydrogen (secondary N) is 1. The van der Waals surface area contributed by atoms with Gasteiger partial charge in [-0.05, 0) is 79.8 Å².